The predicted octanol–water partition coefficient (Wildman–Crippen LogP) is 1.55. The summed E-state index contributed by atoms with van der Waals surface area (Å²) in [5, 5.41) is 0. The third kappa shape index (κ3) is 9.34. The van der Waals surface area contributed by atoms with Gasteiger partial charge in [0.15, 0.2) is 0 Å². The molecule has 78 valence electrons. The highest BCUT2D eigenvalue weighted by Gasteiger charge is 2.05. The molecule has 1 amide bonds. The van der Waals surface area contributed by atoms with E-state index in [1.807, 2.05) is 0 Å². The summed E-state index contributed by atoms with van der Waals surface area (Å²) < 4.78 is 0. The Bertz CT molecular complexity index is 137. The summed E-state index contributed by atoms with van der Waals surface area (Å²) in [6.07, 6.45) is 7.42. The third-order valence-corrected chi connectivity index (χ3v) is 2.14. The highest BCUT2D eigenvalue weighted by atomic mass is 16.1. The molecule has 0 radical (unpaired) electrons. The Morgan fingerprint density at radius 3 is 2.38 bits per heavy atom. The van der Waals surface area contributed by atoms with E-state index in [-0.39, 0.29) is 11.9 Å². The van der Waals surface area contributed by atoms with Gasteiger partial charge in [0.2, 0.25) is 5.91 Å². The largest absolute Gasteiger partial charge is 0.370 e. The highest BCUT2D eigenvalue weighted by molar-refractivity contribution is 5.74. The molecule has 0 aliphatic heterocycles. The van der Waals surface area contributed by atoms with Gasteiger partial charge in [-0.1, -0.05) is 39.0 Å². The van der Waals surface area contributed by atoms with Crippen LogP contribution in [-0.2, 0) is 4.79 Å². The number of amides is 1. The average molecular weight is 186 g/mol. The van der Waals surface area contributed by atoms with E-state index in [1.54, 1.807) is 0 Å². The first-order valence-electron chi connectivity index (χ1n) is 5.20. The molecule has 0 aromatic rings. The topological polar surface area (TPSA) is 69.1 Å². The van der Waals surface area contributed by atoms with E-state index in [4.69, 9.17) is 11.5 Å². The average Bonchev–Trinajstić information content (AvgIpc) is 2.02. The van der Waals surface area contributed by atoms with Crippen LogP contribution in [0.25, 0.3) is 0 Å². The number of hydrogen-bond acceptors (Lipinski definition) is 2. The van der Waals surface area contributed by atoms with Gasteiger partial charge in [-0.15, -0.1) is 0 Å². The molecule has 0 aromatic heterocycles. The van der Waals surface area contributed by atoms with Crippen LogP contribution in [0.15, 0.2) is 0 Å². The Balaban J connectivity index is 3.17. The van der Waals surface area contributed by atoms with Crippen molar-refractivity contribution in [1.29, 1.82) is 0 Å². The fourth-order valence-electron chi connectivity index (χ4n) is 1.37. The van der Waals surface area contributed by atoms with Crippen LogP contribution in [0.4, 0.5) is 0 Å². The first-order valence-corrected chi connectivity index (χ1v) is 5.20. The van der Waals surface area contributed by atoms with E-state index in [0.29, 0.717) is 6.42 Å². The fourth-order valence-corrected chi connectivity index (χ4v) is 1.37. The Morgan fingerprint density at radius 1 is 1.23 bits per heavy atom. The molecule has 0 aliphatic carbocycles. The van der Waals surface area contributed by atoms with Crippen molar-refractivity contribution in [1.82, 2.24) is 0 Å². The van der Waals surface area contributed by atoms with Gasteiger partial charge in [0.05, 0.1) is 0 Å². The lowest BCUT2D eigenvalue weighted by Crippen LogP contribution is -2.27. The SMILES string of the molecule is CCCCCCCC(N)CC(N)=O. The molecule has 0 saturated heterocycles. The van der Waals surface area contributed by atoms with E-state index >= 15 is 0 Å². The van der Waals surface area contributed by atoms with E-state index < -0.39 is 0 Å². The summed E-state index contributed by atoms with van der Waals surface area (Å²) in [4.78, 5) is 10.5. The van der Waals surface area contributed by atoms with Crippen LogP contribution in [0.2, 0.25) is 0 Å². The maximum Gasteiger partial charge on any atom is 0.218 e. The van der Waals surface area contributed by atoms with Gasteiger partial charge in [-0.2, -0.15) is 0 Å². The van der Waals surface area contributed by atoms with E-state index in [1.165, 1.54) is 25.7 Å². The lowest BCUT2D eigenvalue weighted by molar-refractivity contribution is -0.118. The van der Waals surface area contributed by atoms with Crippen LogP contribution in [-0.4, -0.2) is 11.9 Å². The van der Waals surface area contributed by atoms with Crippen molar-refractivity contribution in [3.8, 4) is 0 Å². The number of carbonyl (C=O) groups excluding carboxylic acids is 1. The summed E-state index contributed by atoms with van der Waals surface area (Å²) in [5.74, 6) is -0.291. The Kier molecular flexibility index (Phi) is 7.69. The Labute approximate surface area is 80.9 Å². The van der Waals surface area contributed by atoms with Gasteiger partial charge in [-0.05, 0) is 6.42 Å². The molecule has 1 unspecified atom stereocenters. The molecular weight excluding hydrogens is 164 g/mol. The maximum absolute atomic E-state index is 10.5. The van der Waals surface area contributed by atoms with Crippen molar-refractivity contribution in [2.24, 2.45) is 11.5 Å². The van der Waals surface area contributed by atoms with Crippen LogP contribution in [0.5, 0.6) is 0 Å². The van der Waals surface area contributed by atoms with Gasteiger partial charge >= 0.3 is 0 Å². The van der Waals surface area contributed by atoms with Crippen molar-refractivity contribution in [2.75, 3.05) is 0 Å². The monoisotopic (exact) mass is 186 g/mol. The smallest absolute Gasteiger partial charge is 0.218 e. The zero-order valence-electron chi connectivity index (χ0n) is 8.59. The minimum Gasteiger partial charge on any atom is -0.370 e. The molecule has 0 saturated carbocycles. The second-order valence-corrected chi connectivity index (χ2v) is 3.63. The Hall–Kier alpha value is -0.570. The number of carbonyl (C=O) groups is 1. The Morgan fingerprint density at radius 2 is 1.85 bits per heavy atom. The van der Waals surface area contributed by atoms with Crippen LogP contribution < -0.4 is 11.5 Å². The van der Waals surface area contributed by atoms with E-state index in [2.05, 4.69) is 6.92 Å². The van der Waals surface area contributed by atoms with Crippen molar-refractivity contribution in [2.45, 2.75) is 57.9 Å². The second kappa shape index (κ2) is 8.05. The number of primary amides is 1. The lowest BCUT2D eigenvalue weighted by Gasteiger charge is -2.08. The first kappa shape index (κ1) is 12.4. The van der Waals surface area contributed by atoms with Crippen molar-refractivity contribution in [3.63, 3.8) is 0 Å². The summed E-state index contributed by atoms with van der Waals surface area (Å²) in [7, 11) is 0. The molecule has 3 nitrogen and oxygen atoms in total. The molecule has 0 aliphatic rings. The standard InChI is InChI=1S/C10H22N2O/c1-2-3-4-5-6-7-9(11)8-10(12)13/h9H,2-8,11H2,1H3,(H2,12,13). The van der Waals surface area contributed by atoms with Gasteiger partial charge in [0.25, 0.3) is 0 Å². The molecule has 13 heavy (non-hydrogen) atoms. The van der Waals surface area contributed by atoms with Crippen LogP contribution in [0, 0.1) is 0 Å². The molecule has 0 rings (SSSR count). The van der Waals surface area contributed by atoms with Gasteiger partial charge in [-0.3, -0.25) is 4.79 Å². The summed E-state index contributed by atoms with van der Waals surface area (Å²) in [5.41, 5.74) is 10.7. The molecular formula is C10H22N2O. The normalized spacial score (nSPS) is 12.8. The number of rotatable bonds is 8. The predicted molar refractivity (Wildman–Crippen MR) is 55.2 cm³/mol. The first-order chi connectivity index (χ1) is 6.16. The second-order valence-electron chi connectivity index (χ2n) is 3.63. The zero-order chi connectivity index (χ0) is 10.1. The highest BCUT2D eigenvalue weighted by Crippen LogP contribution is 2.07. The molecule has 0 fully saturated rings. The third-order valence-electron chi connectivity index (χ3n) is 2.14. The quantitative estimate of drug-likeness (QED) is 0.565. The number of unbranched alkanes of at least 4 members (excludes halogenated alkanes) is 4. The number of hydrogen-bond donors (Lipinski definition) is 2. The molecule has 0 heterocycles. The lowest BCUT2D eigenvalue weighted by atomic mass is 10.0. The molecule has 0 aromatic carbocycles. The van der Waals surface area contributed by atoms with Crippen molar-refractivity contribution >= 4 is 5.91 Å². The van der Waals surface area contributed by atoms with E-state index in [0.717, 1.165) is 12.8 Å². The van der Waals surface area contributed by atoms with Crippen LogP contribution >= 0.6 is 0 Å². The van der Waals surface area contributed by atoms with E-state index in [9.17, 15) is 4.79 Å². The van der Waals surface area contributed by atoms with Crippen LogP contribution in [0.1, 0.15) is 51.9 Å². The van der Waals surface area contributed by atoms with Crippen LogP contribution in [0.3, 0.4) is 0 Å². The van der Waals surface area contributed by atoms with Gasteiger partial charge < -0.3 is 11.5 Å². The minimum atomic E-state index is -0.291. The molecule has 0 spiro atoms. The van der Waals surface area contributed by atoms with Crippen molar-refractivity contribution < 1.29 is 4.79 Å². The number of nitrogens with two attached hydrogens (primary N) is 2. The van der Waals surface area contributed by atoms with Gasteiger partial charge in [-0.25, -0.2) is 0 Å². The minimum absolute atomic E-state index is 0.0286. The summed E-state index contributed by atoms with van der Waals surface area (Å²) >= 11 is 0. The molecule has 0 bridgehead atoms. The molecule has 3 heteroatoms. The summed E-state index contributed by atoms with van der Waals surface area (Å²) in [6.45, 7) is 2.19. The van der Waals surface area contributed by atoms with Gasteiger partial charge in [0, 0.05) is 12.5 Å². The van der Waals surface area contributed by atoms with Gasteiger partial charge in [0.1, 0.15) is 0 Å². The van der Waals surface area contributed by atoms with Crippen molar-refractivity contribution in [3.05, 3.63) is 0 Å². The zero-order valence-corrected chi connectivity index (χ0v) is 8.59. The summed E-state index contributed by atoms with van der Waals surface area (Å²) in [6, 6.07) is -0.0286. The maximum atomic E-state index is 10.5. The molecule has 4 N–H and O–H groups in total. The fraction of sp³-hybridized carbons (Fsp3) is 0.900. The molecule has 1 atom stereocenters.